The highest BCUT2D eigenvalue weighted by molar-refractivity contribution is 7.89. The molecule has 168 valence electrons. The van der Waals surface area contributed by atoms with Crippen molar-refractivity contribution >= 4 is 26.7 Å². The van der Waals surface area contributed by atoms with E-state index in [9.17, 15) is 13.2 Å². The van der Waals surface area contributed by atoms with Gasteiger partial charge in [0.15, 0.2) is 0 Å². The molecule has 6 nitrogen and oxygen atoms in total. The zero-order valence-corrected chi connectivity index (χ0v) is 19.1. The predicted octanol–water partition coefficient (Wildman–Crippen LogP) is 3.66. The Morgan fingerprint density at radius 2 is 1.62 bits per heavy atom. The van der Waals surface area contributed by atoms with Crippen LogP contribution in [0.3, 0.4) is 0 Å². The fourth-order valence-electron chi connectivity index (χ4n) is 4.12. The Morgan fingerprint density at radius 1 is 0.969 bits per heavy atom. The number of aryl methyl sites for hydroxylation is 1. The fourth-order valence-corrected chi connectivity index (χ4v) is 5.42. The number of benzene rings is 3. The van der Waals surface area contributed by atoms with Gasteiger partial charge in [0.2, 0.25) is 15.9 Å². The number of rotatable bonds is 6. The zero-order chi connectivity index (χ0) is 22.7. The van der Waals surface area contributed by atoms with Crippen LogP contribution in [0.5, 0.6) is 0 Å². The first-order valence-electron chi connectivity index (χ1n) is 10.8. The van der Waals surface area contributed by atoms with Gasteiger partial charge in [0.05, 0.1) is 30.1 Å². The summed E-state index contributed by atoms with van der Waals surface area (Å²) in [6.07, 6.45) is 0. The van der Waals surface area contributed by atoms with Crippen LogP contribution in [-0.2, 0) is 19.6 Å². The molecule has 7 heteroatoms. The van der Waals surface area contributed by atoms with Crippen molar-refractivity contribution in [1.82, 2.24) is 9.62 Å². The number of amides is 1. The number of ether oxygens (including phenoxy) is 1. The van der Waals surface area contributed by atoms with Crippen molar-refractivity contribution in [3.63, 3.8) is 0 Å². The van der Waals surface area contributed by atoms with E-state index in [1.807, 2.05) is 49.4 Å². The first-order valence-corrected chi connectivity index (χ1v) is 12.3. The molecule has 1 aliphatic rings. The third kappa shape index (κ3) is 4.70. The Morgan fingerprint density at radius 3 is 2.34 bits per heavy atom. The summed E-state index contributed by atoms with van der Waals surface area (Å²) in [5, 5.41) is 1.92. The average Bonchev–Trinajstić information content (AvgIpc) is 2.82. The van der Waals surface area contributed by atoms with E-state index in [0.717, 1.165) is 21.9 Å². The lowest BCUT2D eigenvalue weighted by molar-refractivity contribution is -0.139. The van der Waals surface area contributed by atoms with Gasteiger partial charge in [-0.25, -0.2) is 13.1 Å². The quantitative estimate of drug-likeness (QED) is 0.619. The predicted molar refractivity (Wildman–Crippen MR) is 125 cm³/mol. The van der Waals surface area contributed by atoms with Crippen molar-refractivity contribution in [3.05, 3.63) is 77.9 Å². The lowest BCUT2D eigenvalue weighted by Crippen LogP contribution is -2.46. The second kappa shape index (κ2) is 9.40. The molecule has 1 saturated heterocycles. The summed E-state index contributed by atoms with van der Waals surface area (Å²) in [7, 11) is -3.85. The van der Waals surface area contributed by atoms with Crippen molar-refractivity contribution in [2.45, 2.75) is 24.8 Å². The van der Waals surface area contributed by atoms with E-state index in [0.29, 0.717) is 26.3 Å². The van der Waals surface area contributed by atoms with E-state index < -0.39 is 22.0 Å². The highest BCUT2D eigenvalue weighted by atomic mass is 32.2. The molecule has 0 saturated carbocycles. The largest absolute Gasteiger partial charge is 0.378 e. The highest BCUT2D eigenvalue weighted by Crippen LogP contribution is 2.32. The van der Waals surface area contributed by atoms with Crippen LogP contribution in [0, 0.1) is 12.8 Å². The van der Waals surface area contributed by atoms with Gasteiger partial charge >= 0.3 is 0 Å². The minimum Gasteiger partial charge on any atom is -0.378 e. The number of nitrogens with one attached hydrogen (secondary N) is 1. The Kier molecular flexibility index (Phi) is 6.60. The number of sulfonamides is 1. The molecule has 0 aromatic heterocycles. The molecule has 0 aliphatic carbocycles. The highest BCUT2D eigenvalue weighted by Gasteiger charge is 2.34. The molecule has 1 amide bonds. The number of hydrogen-bond acceptors (Lipinski definition) is 4. The fraction of sp³-hybridized carbons (Fsp3) is 0.320. The minimum atomic E-state index is -3.85. The van der Waals surface area contributed by atoms with Gasteiger partial charge < -0.3 is 9.64 Å². The Balaban J connectivity index is 1.75. The molecular formula is C25H28N2O4S. The molecule has 3 aromatic rings. The standard InChI is InChI=1S/C25H28N2O4S/c1-18-10-12-21(13-11-18)32(29,30)26-24(19(2)25(28)27-14-16-31-17-15-27)23-9-5-7-20-6-3-4-8-22(20)23/h3-13,19,24,26H,14-17H2,1-2H3/t19-,24+/m1/s1. The van der Waals surface area contributed by atoms with Crippen LogP contribution >= 0.6 is 0 Å². The van der Waals surface area contributed by atoms with Gasteiger partial charge in [-0.2, -0.15) is 0 Å². The molecule has 0 radical (unpaired) electrons. The molecule has 1 heterocycles. The molecule has 32 heavy (non-hydrogen) atoms. The molecule has 1 fully saturated rings. The van der Waals surface area contributed by atoms with Gasteiger partial charge in [0, 0.05) is 13.1 Å². The molecule has 1 aliphatic heterocycles. The molecule has 4 rings (SSSR count). The zero-order valence-electron chi connectivity index (χ0n) is 18.3. The Hall–Kier alpha value is -2.74. The second-order valence-electron chi connectivity index (χ2n) is 8.21. The number of fused-ring (bicyclic) bond motifs is 1. The summed E-state index contributed by atoms with van der Waals surface area (Å²) in [4.78, 5) is 15.3. The molecule has 3 aromatic carbocycles. The van der Waals surface area contributed by atoms with Gasteiger partial charge in [0.25, 0.3) is 0 Å². The number of carbonyl (C=O) groups is 1. The van der Waals surface area contributed by atoms with E-state index >= 15 is 0 Å². The maximum atomic E-state index is 13.4. The van der Waals surface area contributed by atoms with Crippen LogP contribution in [-0.4, -0.2) is 45.5 Å². The van der Waals surface area contributed by atoms with Crippen molar-refractivity contribution in [1.29, 1.82) is 0 Å². The topological polar surface area (TPSA) is 75.7 Å². The average molecular weight is 453 g/mol. The van der Waals surface area contributed by atoms with E-state index in [1.54, 1.807) is 36.1 Å². The van der Waals surface area contributed by atoms with E-state index in [-0.39, 0.29) is 10.8 Å². The van der Waals surface area contributed by atoms with Crippen molar-refractivity contribution in [3.8, 4) is 0 Å². The summed E-state index contributed by atoms with van der Waals surface area (Å²) in [5.41, 5.74) is 1.76. The Bertz CT molecular complexity index is 1200. The minimum absolute atomic E-state index is 0.0853. The Labute approximate surface area is 189 Å². The van der Waals surface area contributed by atoms with Crippen LogP contribution in [0.1, 0.15) is 24.1 Å². The van der Waals surface area contributed by atoms with Crippen LogP contribution in [0.4, 0.5) is 0 Å². The maximum absolute atomic E-state index is 13.4. The van der Waals surface area contributed by atoms with E-state index in [1.165, 1.54) is 0 Å². The molecule has 0 spiro atoms. The van der Waals surface area contributed by atoms with Crippen molar-refractivity contribution < 1.29 is 17.9 Å². The van der Waals surface area contributed by atoms with Crippen molar-refractivity contribution in [2.75, 3.05) is 26.3 Å². The van der Waals surface area contributed by atoms with Gasteiger partial charge in [-0.3, -0.25) is 4.79 Å². The van der Waals surface area contributed by atoms with Crippen LogP contribution < -0.4 is 4.72 Å². The second-order valence-corrected chi connectivity index (χ2v) is 9.92. The smallest absolute Gasteiger partial charge is 0.241 e. The molecule has 0 bridgehead atoms. The summed E-state index contributed by atoms with van der Waals surface area (Å²) in [6.45, 7) is 5.71. The van der Waals surface area contributed by atoms with E-state index in [2.05, 4.69) is 4.72 Å². The molecule has 2 atom stereocenters. The lowest BCUT2D eigenvalue weighted by Gasteiger charge is -2.33. The first-order chi connectivity index (χ1) is 15.4. The first kappa shape index (κ1) is 22.5. The number of carbonyl (C=O) groups excluding carboxylic acids is 1. The van der Waals surface area contributed by atoms with Gasteiger partial charge in [0.1, 0.15) is 0 Å². The monoisotopic (exact) mass is 452 g/mol. The molecular weight excluding hydrogens is 424 g/mol. The summed E-state index contributed by atoms with van der Waals surface area (Å²) >= 11 is 0. The molecule has 0 unspecified atom stereocenters. The summed E-state index contributed by atoms with van der Waals surface area (Å²) < 4.78 is 34.8. The normalized spacial score (nSPS) is 16.6. The number of hydrogen-bond donors (Lipinski definition) is 1. The third-order valence-electron chi connectivity index (χ3n) is 5.98. The summed E-state index contributed by atoms with van der Waals surface area (Å²) in [6, 6.07) is 19.6. The van der Waals surface area contributed by atoms with E-state index in [4.69, 9.17) is 4.74 Å². The van der Waals surface area contributed by atoms with Gasteiger partial charge in [-0.15, -0.1) is 0 Å². The van der Waals surface area contributed by atoms with Crippen LogP contribution in [0.2, 0.25) is 0 Å². The summed E-state index contributed by atoms with van der Waals surface area (Å²) in [5.74, 6) is -0.683. The molecule has 1 N–H and O–H groups in total. The van der Waals surface area contributed by atoms with Crippen molar-refractivity contribution in [2.24, 2.45) is 5.92 Å². The maximum Gasteiger partial charge on any atom is 0.241 e. The van der Waals surface area contributed by atoms with Gasteiger partial charge in [-0.05, 0) is 35.4 Å². The lowest BCUT2D eigenvalue weighted by atomic mass is 9.90. The number of morpholine rings is 1. The third-order valence-corrected chi connectivity index (χ3v) is 7.44. The number of nitrogens with zero attached hydrogens (tertiary/aromatic N) is 1. The van der Waals surface area contributed by atoms with Crippen LogP contribution in [0.15, 0.2) is 71.6 Å². The van der Waals surface area contributed by atoms with Crippen LogP contribution in [0.25, 0.3) is 10.8 Å². The SMILES string of the molecule is Cc1ccc(S(=O)(=O)N[C@H](c2cccc3ccccc23)[C@@H](C)C(=O)N2CCOCC2)cc1. The van der Waals surface area contributed by atoms with Gasteiger partial charge in [-0.1, -0.05) is 67.1 Å².